The van der Waals surface area contributed by atoms with Gasteiger partial charge in [-0.2, -0.15) is 10.2 Å². The maximum absolute atomic E-state index is 12.3. The molecule has 0 atom stereocenters. The predicted molar refractivity (Wildman–Crippen MR) is 95.1 cm³/mol. The highest BCUT2D eigenvalue weighted by Gasteiger charge is 2.14. The first-order valence-corrected chi connectivity index (χ1v) is 8.08. The fourth-order valence-electron chi connectivity index (χ4n) is 2.57. The SMILES string of the molecule is Cc1ccccc1Cn1nc(NC(=O)c2ccn(CC(=O)O)n2)cc1C. The minimum Gasteiger partial charge on any atom is -0.480 e. The number of rotatable bonds is 6. The number of nitrogens with zero attached hydrogens (tertiary/aromatic N) is 4. The zero-order valence-corrected chi connectivity index (χ0v) is 14.5. The largest absolute Gasteiger partial charge is 0.480 e. The molecule has 0 saturated heterocycles. The van der Waals surface area contributed by atoms with E-state index in [1.165, 1.54) is 22.5 Å². The molecule has 0 fully saturated rings. The van der Waals surface area contributed by atoms with Crippen LogP contribution in [0.5, 0.6) is 0 Å². The van der Waals surface area contributed by atoms with Gasteiger partial charge in [-0.25, -0.2) is 0 Å². The summed E-state index contributed by atoms with van der Waals surface area (Å²) in [6.45, 7) is 4.28. The van der Waals surface area contributed by atoms with Crippen LogP contribution >= 0.6 is 0 Å². The second-order valence-electron chi connectivity index (χ2n) is 6.00. The molecule has 0 aliphatic heterocycles. The van der Waals surface area contributed by atoms with E-state index < -0.39 is 11.9 Å². The van der Waals surface area contributed by atoms with E-state index in [4.69, 9.17) is 5.11 Å². The third-order valence-electron chi connectivity index (χ3n) is 3.97. The lowest BCUT2D eigenvalue weighted by atomic mass is 10.1. The van der Waals surface area contributed by atoms with Gasteiger partial charge in [-0.15, -0.1) is 0 Å². The van der Waals surface area contributed by atoms with Crippen molar-refractivity contribution in [3.8, 4) is 0 Å². The van der Waals surface area contributed by atoms with Crippen molar-refractivity contribution in [3.63, 3.8) is 0 Å². The summed E-state index contributed by atoms with van der Waals surface area (Å²) in [5.41, 5.74) is 3.39. The van der Waals surface area contributed by atoms with Gasteiger partial charge in [-0.3, -0.25) is 19.0 Å². The Morgan fingerprint density at radius 3 is 2.65 bits per heavy atom. The number of amides is 1. The van der Waals surface area contributed by atoms with E-state index in [1.807, 2.05) is 42.8 Å². The lowest BCUT2D eigenvalue weighted by molar-refractivity contribution is -0.137. The molecule has 1 aromatic carbocycles. The molecule has 26 heavy (non-hydrogen) atoms. The highest BCUT2D eigenvalue weighted by atomic mass is 16.4. The lowest BCUT2D eigenvalue weighted by Gasteiger charge is -2.07. The van der Waals surface area contributed by atoms with E-state index in [-0.39, 0.29) is 12.2 Å². The number of aromatic nitrogens is 4. The van der Waals surface area contributed by atoms with Gasteiger partial charge in [0.2, 0.25) is 0 Å². The number of hydrogen-bond donors (Lipinski definition) is 2. The quantitative estimate of drug-likeness (QED) is 0.706. The lowest BCUT2D eigenvalue weighted by Crippen LogP contribution is -2.15. The first kappa shape index (κ1) is 17.4. The van der Waals surface area contributed by atoms with Crippen LogP contribution in [0.25, 0.3) is 0 Å². The van der Waals surface area contributed by atoms with E-state index in [1.54, 1.807) is 6.07 Å². The maximum Gasteiger partial charge on any atom is 0.325 e. The van der Waals surface area contributed by atoms with E-state index in [2.05, 4.69) is 15.5 Å². The van der Waals surface area contributed by atoms with Gasteiger partial charge < -0.3 is 10.4 Å². The second kappa shape index (κ2) is 7.22. The zero-order valence-electron chi connectivity index (χ0n) is 14.5. The van der Waals surface area contributed by atoms with Crippen LogP contribution in [0.3, 0.4) is 0 Å². The number of carbonyl (C=O) groups excluding carboxylic acids is 1. The number of carboxylic acid groups (broad SMARTS) is 1. The molecule has 2 N–H and O–H groups in total. The smallest absolute Gasteiger partial charge is 0.325 e. The molecule has 8 heteroatoms. The van der Waals surface area contributed by atoms with Crippen LogP contribution in [0.2, 0.25) is 0 Å². The Morgan fingerprint density at radius 2 is 1.92 bits per heavy atom. The third kappa shape index (κ3) is 3.97. The molecule has 3 aromatic rings. The molecule has 0 aliphatic carbocycles. The Hall–Kier alpha value is -3.42. The molecule has 0 spiro atoms. The van der Waals surface area contributed by atoms with Crippen molar-refractivity contribution < 1.29 is 14.7 Å². The van der Waals surface area contributed by atoms with Crippen molar-refractivity contribution in [1.29, 1.82) is 0 Å². The van der Waals surface area contributed by atoms with Gasteiger partial charge in [0.1, 0.15) is 6.54 Å². The topological polar surface area (TPSA) is 102 Å². The molecule has 2 heterocycles. The van der Waals surface area contributed by atoms with E-state index in [9.17, 15) is 9.59 Å². The van der Waals surface area contributed by atoms with Crippen molar-refractivity contribution in [1.82, 2.24) is 19.6 Å². The normalized spacial score (nSPS) is 10.7. The average Bonchev–Trinajstić information content (AvgIpc) is 3.16. The molecule has 0 saturated carbocycles. The van der Waals surface area contributed by atoms with Gasteiger partial charge >= 0.3 is 5.97 Å². The van der Waals surface area contributed by atoms with Crippen LogP contribution < -0.4 is 5.32 Å². The van der Waals surface area contributed by atoms with Crippen molar-refractivity contribution in [2.75, 3.05) is 5.32 Å². The van der Waals surface area contributed by atoms with Gasteiger partial charge in [0, 0.05) is 18.0 Å². The number of aliphatic carboxylic acids is 1. The molecule has 1 amide bonds. The van der Waals surface area contributed by atoms with Gasteiger partial charge in [-0.05, 0) is 31.0 Å². The van der Waals surface area contributed by atoms with Crippen molar-refractivity contribution in [2.45, 2.75) is 26.9 Å². The summed E-state index contributed by atoms with van der Waals surface area (Å²) in [5, 5.41) is 19.8. The molecule has 0 radical (unpaired) electrons. The van der Waals surface area contributed by atoms with Crippen LogP contribution in [-0.2, 0) is 17.9 Å². The standard InChI is InChI=1S/C18H19N5O3/c1-12-5-3-4-6-14(12)10-23-13(2)9-16(21-23)19-18(26)15-7-8-22(20-15)11-17(24)25/h3-9H,10-11H2,1-2H3,(H,24,25)(H,19,21,26). The highest BCUT2D eigenvalue weighted by Crippen LogP contribution is 2.14. The van der Waals surface area contributed by atoms with Crippen LogP contribution in [0.15, 0.2) is 42.6 Å². The van der Waals surface area contributed by atoms with Crippen LogP contribution in [0.1, 0.15) is 27.3 Å². The van der Waals surface area contributed by atoms with E-state index in [0.29, 0.717) is 12.4 Å². The molecule has 0 aliphatic rings. The number of aryl methyl sites for hydroxylation is 2. The van der Waals surface area contributed by atoms with Crippen LogP contribution in [-0.4, -0.2) is 36.5 Å². The summed E-state index contributed by atoms with van der Waals surface area (Å²) in [4.78, 5) is 22.9. The molecule has 0 bridgehead atoms. The van der Waals surface area contributed by atoms with Gasteiger partial charge in [0.15, 0.2) is 11.5 Å². The Morgan fingerprint density at radius 1 is 1.15 bits per heavy atom. The van der Waals surface area contributed by atoms with E-state index in [0.717, 1.165) is 11.3 Å². The fourth-order valence-corrected chi connectivity index (χ4v) is 2.57. The third-order valence-corrected chi connectivity index (χ3v) is 3.97. The minimum absolute atomic E-state index is 0.136. The highest BCUT2D eigenvalue weighted by molar-refractivity contribution is 6.02. The Labute approximate surface area is 150 Å². The Kier molecular flexibility index (Phi) is 4.83. The summed E-state index contributed by atoms with van der Waals surface area (Å²) in [6.07, 6.45) is 1.45. The summed E-state index contributed by atoms with van der Waals surface area (Å²) in [6, 6.07) is 11.3. The average molecular weight is 353 g/mol. The predicted octanol–water partition coefficient (Wildman–Crippen LogP) is 2.08. The van der Waals surface area contributed by atoms with Crippen LogP contribution in [0.4, 0.5) is 5.82 Å². The second-order valence-corrected chi connectivity index (χ2v) is 6.00. The first-order valence-electron chi connectivity index (χ1n) is 8.08. The summed E-state index contributed by atoms with van der Waals surface area (Å²) in [5.74, 6) is -1.03. The number of benzene rings is 1. The fraction of sp³-hybridized carbons (Fsp3) is 0.222. The maximum atomic E-state index is 12.3. The van der Waals surface area contributed by atoms with Gasteiger partial charge in [-0.1, -0.05) is 24.3 Å². The molecular weight excluding hydrogens is 334 g/mol. The number of anilines is 1. The monoisotopic (exact) mass is 353 g/mol. The molecule has 8 nitrogen and oxygen atoms in total. The molecule has 134 valence electrons. The minimum atomic E-state index is -1.02. The van der Waals surface area contributed by atoms with Gasteiger partial charge in [0.05, 0.1) is 6.54 Å². The molecular formula is C18H19N5O3. The van der Waals surface area contributed by atoms with Gasteiger partial charge in [0.25, 0.3) is 5.91 Å². The molecule has 0 unspecified atom stereocenters. The van der Waals surface area contributed by atoms with Crippen LogP contribution in [0, 0.1) is 13.8 Å². The zero-order chi connectivity index (χ0) is 18.7. The number of nitrogens with one attached hydrogen (secondary N) is 1. The van der Waals surface area contributed by atoms with Crippen molar-refractivity contribution in [2.24, 2.45) is 0 Å². The molecule has 3 rings (SSSR count). The molecule has 2 aromatic heterocycles. The number of hydrogen-bond acceptors (Lipinski definition) is 4. The first-order chi connectivity index (χ1) is 12.4. The van der Waals surface area contributed by atoms with Crippen molar-refractivity contribution in [3.05, 3.63) is 65.1 Å². The summed E-state index contributed by atoms with van der Waals surface area (Å²) >= 11 is 0. The van der Waals surface area contributed by atoms with E-state index >= 15 is 0 Å². The number of carbonyl (C=O) groups is 2. The number of carboxylic acids is 1. The summed E-state index contributed by atoms with van der Waals surface area (Å²) in [7, 11) is 0. The van der Waals surface area contributed by atoms with Crippen molar-refractivity contribution >= 4 is 17.7 Å². The summed E-state index contributed by atoms with van der Waals surface area (Å²) < 4.78 is 3.01. The Balaban J connectivity index is 1.71. The Bertz CT molecular complexity index is 957.